The first-order chi connectivity index (χ1) is 9.51. The van der Waals surface area contributed by atoms with Gasteiger partial charge in [-0.2, -0.15) is 0 Å². The minimum Gasteiger partial charge on any atom is -0.495 e. The third kappa shape index (κ3) is 3.29. The van der Waals surface area contributed by atoms with Crippen molar-refractivity contribution in [2.24, 2.45) is 0 Å². The van der Waals surface area contributed by atoms with Gasteiger partial charge >= 0.3 is 5.97 Å². The SMILES string of the molecule is COc1cc(NC(=O)C2CCC(C(=O)O)O2)ccc1Br. The Hall–Kier alpha value is -1.60. The number of halogens is 1. The van der Waals surface area contributed by atoms with Gasteiger partial charge in [-0.15, -0.1) is 0 Å². The number of carboxylic acids is 1. The number of carbonyl (C=O) groups is 2. The van der Waals surface area contributed by atoms with Crippen LogP contribution in [0.2, 0.25) is 0 Å². The van der Waals surface area contributed by atoms with Gasteiger partial charge in [0.05, 0.1) is 11.6 Å². The molecule has 1 aliphatic heterocycles. The van der Waals surface area contributed by atoms with Crippen molar-refractivity contribution in [1.29, 1.82) is 0 Å². The average molecular weight is 344 g/mol. The summed E-state index contributed by atoms with van der Waals surface area (Å²) in [7, 11) is 1.53. The number of carboxylic acid groups (broad SMARTS) is 1. The zero-order valence-electron chi connectivity index (χ0n) is 10.8. The highest BCUT2D eigenvalue weighted by Gasteiger charge is 2.34. The van der Waals surface area contributed by atoms with Gasteiger partial charge in [0.1, 0.15) is 11.9 Å². The maximum absolute atomic E-state index is 12.0. The predicted octanol–water partition coefficient (Wildman–Crippen LogP) is 2.03. The van der Waals surface area contributed by atoms with Crippen LogP contribution in [-0.4, -0.2) is 36.3 Å². The van der Waals surface area contributed by atoms with E-state index in [0.717, 1.165) is 4.47 Å². The van der Waals surface area contributed by atoms with E-state index in [1.807, 2.05) is 0 Å². The highest BCUT2D eigenvalue weighted by atomic mass is 79.9. The second-order valence-corrected chi connectivity index (χ2v) is 5.22. The Bertz CT molecular complexity index is 533. The van der Waals surface area contributed by atoms with Crippen LogP contribution in [-0.2, 0) is 14.3 Å². The zero-order chi connectivity index (χ0) is 14.7. The van der Waals surface area contributed by atoms with Crippen molar-refractivity contribution >= 4 is 33.5 Å². The van der Waals surface area contributed by atoms with Gasteiger partial charge in [-0.25, -0.2) is 4.79 Å². The topological polar surface area (TPSA) is 84.9 Å². The second kappa shape index (κ2) is 6.23. The number of carbonyl (C=O) groups excluding carboxylic acids is 1. The van der Waals surface area contributed by atoms with Crippen molar-refractivity contribution < 1.29 is 24.2 Å². The van der Waals surface area contributed by atoms with E-state index in [4.69, 9.17) is 14.6 Å². The van der Waals surface area contributed by atoms with Crippen LogP contribution >= 0.6 is 15.9 Å². The van der Waals surface area contributed by atoms with Crippen LogP contribution in [0.5, 0.6) is 5.75 Å². The van der Waals surface area contributed by atoms with Crippen LogP contribution in [0.25, 0.3) is 0 Å². The lowest BCUT2D eigenvalue weighted by Gasteiger charge is -2.13. The lowest BCUT2D eigenvalue weighted by molar-refractivity contribution is -0.150. The molecule has 1 saturated heterocycles. The van der Waals surface area contributed by atoms with E-state index in [2.05, 4.69) is 21.2 Å². The van der Waals surface area contributed by atoms with E-state index in [1.165, 1.54) is 7.11 Å². The number of methoxy groups -OCH3 is 1. The van der Waals surface area contributed by atoms with Crippen LogP contribution < -0.4 is 10.1 Å². The van der Waals surface area contributed by atoms with Gasteiger partial charge in [-0.3, -0.25) is 4.79 Å². The molecule has 1 heterocycles. The van der Waals surface area contributed by atoms with Gasteiger partial charge in [0.2, 0.25) is 0 Å². The smallest absolute Gasteiger partial charge is 0.332 e. The van der Waals surface area contributed by atoms with Crippen molar-refractivity contribution in [1.82, 2.24) is 0 Å². The normalized spacial score (nSPS) is 21.5. The maximum Gasteiger partial charge on any atom is 0.332 e. The lowest BCUT2D eigenvalue weighted by Crippen LogP contribution is -2.29. The molecule has 0 saturated carbocycles. The molecule has 2 unspecified atom stereocenters. The molecule has 2 N–H and O–H groups in total. The molecule has 1 fully saturated rings. The average Bonchev–Trinajstić information content (AvgIpc) is 2.91. The zero-order valence-corrected chi connectivity index (χ0v) is 12.3. The Labute approximate surface area is 124 Å². The Kier molecular flexibility index (Phi) is 4.61. The summed E-state index contributed by atoms with van der Waals surface area (Å²) >= 11 is 3.32. The van der Waals surface area contributed by atoms with Gasteiger partial charge in [0.15, 0.2) is 6.10 Å². The summed E-state index contributed by atoms with van der Waals surface area (Å²) in [6.07, 6.45) is -0.885. The number of amides is 1. The third-order valence-corrected chi connectivity index (χ3v) is 3.66. The minimum absolute atomic E-state index is 0.344. The van der Waals surface area contributed by atoms with Crippen molar-refractivity contribution in [2.75, 3.05) is 12.4 Å². The Morgan fingerprint density at radius 2 is 2.10 bits per heavy atom. The summed E-state index contributed by atoms with van der Waals surface area (Å²) < 4.78 is 11.1. The number of hydrogen-bond donors (Lipinski definition) is 2. The summed E-state index contributed by atoms with van der Waals surface area (Å²) in [5, 5.41) is 11.5. The highest BCUT2D eigenvalue weighted by Crippen LogP contribution is 2.28. The first-order valence-electron chi connectivity index (χ1n) is 6.04. The molecule has 2 rings (SSSR count). The van der Waals surface area contributed by atoms with E-state index in [-0.39, 0.29) is 5.91 Å². The lowest BCUT2D eigenvalue weighted by atomic mass is 10.2. The second-order valence-electron chi connectivity index (χ2n) is 4.37. The van der Waals surface area contributed by atoms with Gasteiger partial charge in [0, 0.05) is 11.8 Å². The van der Waals surface area contributed by atoms with Gasteiger partial charge < -0.3 is 19.9 Å². The molecule has 1 amide bonds. The molecule has 0 aromatic heterocycles. The summed E-state index contributed by atoms with van der Waals surface area (Å²) in [5.74, 6) is -0.790. The largest absolute Gasteiger partial charge is 0.495 e. The molecule has 7 heteroatoms. The fourth-order valence-corrected chi connectivity index (χ4v) is 2.38. The predicted molar refractivity (Wildman–Crippen MR) is 74.9 cm³/mol. The molecule has 0 radical (unpaired) electrons. The van der Waals surface area contributed by atoms with Gasteiger partial charge in [-0.05, 0) is 40.9 Å². The first-order valence-corrected chi connectivity index (χ1v) is 6.83. The van der Waals surface area contributed by atoms with E-state index in [0.29, 0.717) is 24.3 Å². The van der Waals surface area contributed by atoms with Crippen LogP contribution in [0, 0.1) is 0 Å². The van der Waals surface area contributed by atoms with Gasteiger partial charge in [0.25, 0.3) is 5.91 Å². The van der Waals surface area contributed by atoms with E-state index in [1.54, 1.807) is 18.2 Å². The summed E-state index contributed by atoms with van der Waals surface area (Å²) in [6, 6.07) is 5.14. The minimum atomic E-state index is -1.04. The van der Waals surface area contributed by atoms with Crippen LogP contribution in [0.4, 0.5) is 5.69 Å². The standard InChI is InChI=1S/C13H14BrNO5/c1-19-11-6-7(2-3-8(11)14)15-12(16)9-4-5-10(20-9)13(17)18/h2-3,6,9-10H,4-5H2,1H3,(H,15,16)(H,17,18). The molecular weight excluding hydrogens is 330 g/mol. The molecule has 2 atom stereocenters. The fourth-order valence-electron chi connectivity index (χ4n) is 1.97. The summed E-state index contributed by atoms with van der Waals surface area (Å²) in [6.45, 7) is 0. The third-order valence-electron chi connectivity index (χ3n) is 3.01. The van der Waals surface area contributed by atoms with E-state index < -0.39 is 18.2 Å². The fraction of sp³-hybridized carbons (Fsp3) is 0.385. The van der Waals surface area contributed by atoms with Crippen molar-refractivity contribution in [3.8, 4) is 5.75 Å². The van der Waals surface area contributed by atoms with E-state index in [9.17, 15) is 9.59 Å². The van der Waals surface area contributed by atoms with E-state index >= 15 is 0 Å². The number of benzene rings is 1. The van der Waals surface area contributed by atoms with Crippen LogP contribution in [0.15, 0.2) is 22.7 Å². The first kappa shape index (κ1) is 14.8. The number of anilines is 1. The Morgan fingerprint density at radius 3 is 2.70 bits per heavy atom. The van der Waals surface area contributed by atoms with Crippen molar-refractivity contribution in [3.05, 3.63) is 22.7 Å². The number of nitrogens with one attached hydrogen (secondary N) is 1. The molecule has 20 heavy (non-hydrogen) atoms. The number of aliphatic carboxylic acids is 1. The van der Waals surface area contributed by atoms with Crippen LogP contribution in [0.3, 0.4) is 0 Å². The molecule has 1 aliphatic rings. The van der Waals surface area contributed by atoms with Crippen molar-refractivity contribution in [2.45, 2.75) is 25.0 Å². The molecule has 108 valence electrons. The number of ether oxygens (including phenoxy) is 2. The Balaban J connectivity index is 2.00. The number of hydrogen-bond acceptors (Lipinski definition) is 4. The van der Waals surface area contributed by atoms with Crippen LogP contribution in [0.1, 0.15) is 12.8 Å². The monoisotopic (exact) mass is 343 g/mol. The van der Waals surface area contributed by atoms with Crippen molar-refractivity contribution in [3.63, 3.8) is 0 Å². The summed E-state index contributed by atoms with van der Waals surface area (Å²) in [5.41, 5.74) is 0.567. The molecule has 0 bridgehead atoms. The molecule has 1 aromatic carbocycles. The van der Waals surface area contributed by atoms with Gasteiger partial charge in [-0.1, -0.05) is 0 Å². The molecule has 0 spiro atoms. The Morgan fingerprint density at radius 1 is 1.40 bits per heavy atom. The summed E-state index contributed by atoms with van der Waals surface area (Å²) in [4.78, 5) is 22.8. The molecule has 6 nitrogen and oxygen atoms in total. The maximum atomic E-state index is 12.0. The molecule has 1 aromatic rings. The molecule has 0 aliphatic carbocycles. The molecular formula is C13H14BrNO5. The highest BCUT2D eigenvalue weighted by molar-refractivity contribution is 9.10. The number of rotatable bonds is 4. The quantitative estimate of drug-likeness (QED) is 0.873.